The number of hydrogen-bond donors (Lipinski definition) is 3. The molecule has 0 spiro atoms. The average molecular weight is 456 g/mol. The van der Waals surface area contributed by atoms with Crippen LogP contribution in [0.4, 0.5) is 0 Å². The quantitative estimate of drug-likeness (QED) is 0.252. The molecular formula is C18H20N2O8S2. The van der Waals surface area contributed by atoms with Crippen LogP contribution < -0.4 is 5.73 Å². The van der Waals surface area contributed by atoms with Crippen molar-refractivity contribution in [3.63, 3.8) is 0 Å². The number of fused-ring (bicyclic) bond motifs is 1. The first-order valence-electron chi connectivity index (χ1n) is 8.44. The Balaban J connectivity index is 0.000000248. The van der Waals surface area contributed by atoms with Crippen molar-refractivity contribution in [1.82, 2.24) is 4.90 Å². The number of carbonyl (C=O) groups is 3. The van der Waals surface area contributed by atoms with Gasteiger partial charge in [-0.1, -0.05) is 17.7 Å². The molecule has 4 N–H and O–H groups in total. The number of carbonyl (C=O) groups excluding carboxylic acids is 2. The van der Waals surface area contributed by atoms with Crippen molar-refractivity contribution in [3.8, 4) is 0 Å². The molecule has 0 aromatic heterocycles. The van der Waals surface area contributed by atoms with Crippen LogP contribution in [0.3, 0.4) is 0 Å². The van der Waals surface area contributed by atoms with Gasteiger partial charge in [-0.05, 0) is 30.7 Å². The van der Waals surface area contributed by atoms with Gasteiger partial charge in [0, 0.05) is 11.8 Å². The molecule has 2 atom stereocenters. The zero-order valence-electron chi connectivity index (χ0n) is 16.0. The van der Waals surface area contributed by atoms with Crippen LogP contribution in [-0.2, 0) is 29.2 Å². The molecule has 1 aromatic carbocycles. The Morgan fingerprint density at radius 3 is 2.40 bits per heavy atom. The summed E-state index contributed by atoms with van der Waals surface area (Å²) in [5.74, 6) is -1.85. The molecule has 1 fully saturated rings. The van der Waals surface area contributed by atoms with Crippen LogP contribution in [0.15, 0.2) is 52.6 Å². The number of aliphatic carboxylic acids is 1. The largest absolute Gasteiger partial charge is 0.477 e. The van der Waals surface area contributed by atoms with Crippen molar-refractivity contribution < 1.29 is 37.2 Å². The van der Waals surface area contributed by atoms with Crippen LogP contribution in [0.25, 0.3) is 0 Å². The standard InChI is InChI=1S/C11H12N2O5S.C7H8O3S/c1-18-6(14)3-2-5-4-19-10-7(12)9(15)13(10)8(5)11(16)17;1-6-2-4-7(5-3-6)11(8,9)10/h2-3,7,10H,4,12H2,1H3,(H,16,17);2-5H,1H3,(H,8,9,10)/t7?,10-;/m0./s1. The highest BCUT2D eigenvalue weighted by Crippen LogP contribution is 2.39. The number of nitrogens with two attached hydrogens (primary N) is 1. The second kappa shape index (κ2) is 9.43. The zero-order valence-corrected chi connectivity index (χ0v) is 17.6. The number of benzene rings is 1. The van der Waals surface area contributed by atoms with Crippen LogP contribution in [0, 0.1) is 6.92 Å². The van der Waals surface area contributed by atoms with Crippen molar-refractivity contribution in [1.29, 1.82) is 0 Å². The van der Waals surface area contributed by atoms with Gasteiger partial charge in [-0.2, -0.15) is 8.42 Å². The molecule has 2 aliphatic rings. The van der Waals surface area contributed by atoms with Crippen molar-refractivity contribution in [2.45, 2.75) is 23.2 Å². The summed E-state index contributed by atoms with van der Waals surface area (Å²) in [5, 5.41) is 8.87. The Morgan fingerprint density at radius 2 is 1.90 bits per heavy atom. The highest BCUT2D eigenvalue weighted by atomic mass is 32.2. The molecule has 12 heteroatoms. The predicted molar refractivity (Wildman–Crippen MR) is 108 cm³/mol. The van der Waals surface area contributed by atoms with Gasteiger partial charge in [0.2, 0.25) is 5.91 Å². The molecule has 3 rings (SSSR count). The Hall–Kier alpha value is -2.67. The van der Waals surface area contributed by atoms with Gasteiger partial charge in [-0.25, -0.2) is 9.59 Å². The summed E-state index contributed by atoms with van der Waals surface area (Å²) < 4.78 is 34.0. The van der Waals surface area contributed by atoms with Crippen LogP contribution in [0.5, 0.6) is 0 Å². The molecule has 10 nitrogen and oxygen atoms in total. The van der Waals surface area contributed by atoms with Gasteiger partial charge in [0.15, 0.2) is 0 Å². The first-order valence-corrected chi connectivity index (χ1v) is 10.9. The first-order chi connectivity index (χ1) is 14.0. The van der Waals surface area contributed by atoms with Crippen molar-refractivity contribution in [2.75, 3.05) is 12.9 Å². The van der Waals surface area contributed by atoms with E-state index in [4.69, 9.17) is 10.3 Å². The minimum absolute atomic E-state index is 0.0666. The topological polar surface area (TPSA) is 164 Å². The predicted octanol–water partition coefficient (Wildman–Crippen LogP) is 0.538. The van der Waals surface area contributed by atoms with E-state index in [1.807, 2.05) is 6.92 Å². The van der Waals surface area contributed by atoms with Crippen molar-refractivity contribution in [3.05, 3.63) is 53.3 Å². The maximum Gasteiger partial charge on any atom is 0.352 e. The van der Waals surface area contributed by atoms with Gasteiger partial charge in [0.25, 0.3) is 10.1 Å². The number of thioether (sulfide) groups is 1. The first kappa shape index (κ1) is 23.6. The van der Waals surface area contributed by atoms with E-state index in [0.29, 0.717) is 11.3 Å². The van der Waals surface area contributed by atoms with E-state index in [0.717, 1.165) is 16.5 Å². The van der Waals surface area contributed by atoms with Gasteiger partial charge < -0.3 is 15.6 Å². The Bertz CT molecular complexity index is 1020. The van der Waals surface area contributed by atoms with E-state index in [1.54, 1.807) is 12.1 Å². The summed E-state index contributed by atoms with van der Waals surface area (Å²) in [5.41, 5.74) is 6.84. The summed E-state index contributed by atoms with van der Waals surface area (Å²) >= 11 is 1.37. The van der Waals surface area contributed by atoms with E-state index in [9.17, 15) is 27.9 Å². The molecule has 1 aromatic rings. The molecule has 30 heavy (non-hydrogen) atoms. The van der Waals surface area contributed by atoms with Gasteiger partial charge in [0.05, 0.1) is 12.0 Å². The van der Waals surface area contributed by atoms with Crippen molar-refractivity contribution in [2.24, 2.45) is 5.73 Å². The Labute approximate surface area is 177 Å². The number of esters is 1. The lowest BCUT2D eigenvalue weighted by atomic mass is 10.0. The number of amides is 1. The van der Waals surface area contributed by atoms with E-state index in [2.05, 4.69) is 4.74 Å². The normalized spacial score (nSPS) is 20.8. The molecule has 0 aliphatic carbocycles. The molecular weight excluding hydrogens is 436 g/mol. The van der Waals surface area contributed by atoms with E-state index in [1.165, 1.54) is 37.1 Å². The van der Waals surface area contributed by atoms with Gasteiger partial charge in [-0.3, -0.25) is 14.2 Å². The van der Waals surface area contributed by atoms with Crippen LogP contribution in [0.1, 0.15) is 5.56 Å². The third-order valence-corrected chi connectivity index (χ3v) is 6.37. The monoisotopic (exact) mass is 456 g/mol. The zero-order chi connectivity index (χ0) is 22.6. The lowest BCUT2D eigenvalue weighted by Crippen LogP contribution is -2.68. The maximum atomic E-state index is 11.6. The molecule has 162 valence electrons. The highest BCUT2D eigenvalue weighted by Gasteiger charge is 2.51. The fourth-order valence-electron chi connectivity index (χ4n) is 2.61. The molecule has 1 amide bonds. The SMILES string of the molecule is COC(=O)C=CC1=C(C(=O)O)N2C(=O)C(N)[C@@H]2SC1.Cc1ccc(S(=O)(=O)O)cc1. The molecule has 1 unspecified atom stereocenters. The van der Waals surface area contributed by atoms with Gasteiger partial charge in [-0.15, -0.1) is 11.8 Å². The molecule has 1 saturated heterocycles. The lowest BCUT2D eigenvalue weighted by molar-refractivity contribution is -0.147. The summed E-state index contributed by atoms with van der Waals surface area (Å²) in [6, 6.07) is 5.33. The number of nitrogens with zero attached hydrogens (tertiary/aromatic N) is 1. The fraction of sp³-hybridized carbons (Fsp3) is 0.278. The molecule has 0 radical (unpaired) electrons. The number of carboxylic acid groups (broad SMARTS) is 1. The van der Waals surface area contributed by atoms with Crippen LogP contribution >= 0.6 is 11.8 Å². The van der Waals surface area contributed by atoms with E-state index in [-0.39, 0.29) is 16.0 Å². The fourth-order valence-corrected chi connectivity index (χ4v) is 4.36. The summed E-state index contributed by atoms with van der Waals surface area (Å²) in [7, 11) is -2.79. The number of rotatable bonds is 4. The smallest absolute Gasteiger partial charge is 0.352 e. The second-order valence-electron chi connectivity index (χ2n) is 6.26. The summed E-state index contributed by atoms with van der Waals surface area (Å²) in [6.45, 7) is 1.84. The number of ether oxygens (including phenoxy) is 1. The second-order valence-corrected chi connectivity index (χ2v) is 8.79. The third kappa shape index (κ3) is 5.27. The number of aryl methyl sites for hydroxylation is 1. The number of allylic oxidation sites excluding steroid dienone is 1. The lowest BCUT2D eigenvalue weighted by Gasteiger charge is -2.47. The molecule has 0 bridgehead atoms. The number of carboxylic acids is 1. The van der Waals surface area contributed by atoms with E-state index < -0.39 is 34.0 Å². The van der Waals surface area contributed by atoms with Crippen LogP contribution in [0.2, 0.25) is 0 Å². The van der Waals surface area contributed by atoms with E-state index >= 15 is 0 Å². The minimum atomic E-state index is -4.02. The number of methoxy groups -OCH3 is 1. The minimum Gasteiger partial charge on any atom is -0.477 e. The maximum absolute atomic E-state index is 11.6. The molecule has 0 saturated carbocycles. The number of β-lactam (4-membered cyclic amide) rings is 1. The van der Waals surface area contributed by atoms with Gasteiger partial charge in [0.1, 0.15) is 17.1 Å². The average Bonchev–Trinajstić information content (AvgIpc) is 2.70. The Morgan fingerprint density at radius 1 is 1.30 bits per heavy atom. The third-order valence-electron chi connectivity index (χ3n) is 4.18. The van der Waals surface area contributed by atoms with Crippen molar-refractivity contribution >= 4 is 39.7 Å². The molecule has 2 aliphatic heterocycles. The van der Waals surface area contributed by atoms with Gasteiger partial charge >= 0.3 is 11.9 Å². The summed E-state index contributed by atoms with van der Waals surface area (Å²) in [4.78, 5) is 35.0. The molecule has 2 heterocycles. The number of hydrogen-bond acceptors (Lipinski definition) is 8. The Kier molecular flexibility index (Phi) is 7.42. The summed E-state index contributed by atoms with van der Waals surface area (Å²) in [6.07, 6.45) is 2.49. The highest BCUT2D eigenvalue weighted by molar-refractivity contribution is 8.00. The van der Waals surface area contributed by atoms with Crippen LogP contribution in [-0.4, -0.2) is 65.1 Å².